The number of hydrogen-bond acceptors (Lipinski definition) is 2. The molecule has 0 bridgehead atoms. The van der Waals surface area contributed by atoms with E-state index in [2.05, 4.69) is 32.2 Å². The monoisotopic (exact) mass is 211 g/mol. The molecule has 1 rings (SSSR count). The third-order valence-corrected chi connectivity index (χ3v) is 3.05. The van der Waals surface area contributed by atoms with Crippen molar-refractivity contribution < 1.29 is 4.74 Å². The average molecular weight is 211 g/mol. The molecule has 1 aliphatic heterocycles. The highest BCUT2D eigenvalue weighted by Crippen LogP contribution is 2.20. The Bertz CT molecular complexity index is 201. The molecule has 1 aliphatic rings. The minimum absolute atomic E-state index is 0.447. The van der Waals surface area contributed by atoms with Crippen molar-refractivity contribution in [1.82, 2.24) is 5.32 Å². The Morgan fingerprint density at radius 3 is 2.80 bits per heavy atom. The van der Waals surface area contributed by atoms with E-state index in [1.54, 1.807) is 0 Å². The van der Waals surface area contributed by atoms with E-state index in [0.29, 0.717) is 6.04 Å². The fraction of sp³-hybridized carbons (Fsp3) is 0.846. The summed E-state index contributed by atoms with van der Waals surface area (Å²) in [5.74, 6) is 1.95. The maximum absolute atomic E-state index is 5.66. The van der Waals surface area contributed by atoms with Crippen LogP contribution in [0.15, 0.2) is 11.8 Å². The van der Waals surface area contributed by atoms with Crippen molar-refractivity contribution in [1.29, 1.82) is 0 Å². The second-order valence-electron chi connectivity index (χ2n) is 4.50. The van der Waals surface area contributed by atoms with Crippen LogP contribution in [0.2, 0.25) is 0 Å². The highest BCUT2D eigenvalue weighted by molar-refractivity contribution is 5.07. The fourth-order valence-electron chi connectivity index (χ4n) is 1.87. The van der Waals surface area contributed by atoms with Crippen LogP contribution in [0.25, 0.3) is 0 Å². The lowest BCUT2D eigenvalue weighted by atomic mass is 9.98. The van der Waals surface area contributed by atoms with Gasteiger partial charge in [0.05, 0.1) is 12.6 Å². The first kappa shape index (κ1) is 12.6. The van der Waals surface area contributed by atoms with Crippen molar-refractivity contribution in [2.75, 3.05) is 13.2 Å². The van der Waals surface area contributed by atoms with Crippen molar-refractivity contribution in [3.63, 3.8) is 0 Å². The first-order valence-electron chi connectivity index (χ1n) is 6.34. The number of nitrogens with one attached hydrogen (secondary N) is 1. The molecule has 2 heteroatoms. The Balaban J connectivity index is 2.44. The molecule has 0 saturated heterocycles. The average Bonchev–Trinajstić information content (AvgIpc) is 2.77. The van der Waals surface area contributed by atoms with Crippen molar-refractivity contribution in [2.45, 2.75) is 52.5 Å². The molecule has 1 N–H and O–H groups in total. The summed E-state index contributed by atoms with van der Waals surface area (Å²) >= 11 is 0. The van der Waals surface area contributed by atoms with Crippen molar-refractivity contribution in [2.24, 2.45) is 5.92 Å². The molecule has 0 radical (unpaired) electrons. The van der Waals surface area contributed by atoms with Gasteiger partial charge in [-0.15, -0.1) is 0 Å². The normalized spacial score (nSPS) is 19.5. The van der Waals surface area contributed by atoms with E-state index in [4.69, 9.17) is 4.74 Å². The minimum Gasteiger partial charge on any atom is -0.496 e. The quantitative estimate of drug-likeness (QED) is 0.698. The van der Waals surface area contributed by atoms with Crippen LogP contribution < -0.4 is 5.32 Å². The Labute approximate surface area is 94.1 Å². The molecular formula is C13H25NO. The summed E-state index contributed by atoms with van der Waals surface area (Å²) in [5, 5.41) is 3.58. The van der Waals surface area contributed by atoms with Crippen LogP contribution in [0.3, 0.4) is 0 Å². The van der Waals surface area contributed by atoms with Gasteiger partial charge in [-0.25, -0.2) is 0 Å². The molecule has 2 unspecified atom stereocenters. The van der Waals surface area contributed by atoms with Crippen molar-refractivity contribution >= 4 is 0 Å². The maximum Gasteiger partial charge on any atom is 0.109 e. The smallest absolute Gasteiger partial charge is 0.109 e. The molecule has 0 spiro atoms. The van der Waals surface area contributed by atoms with E-state index < -0.39 is 0 Å². The second kappa shape index (κ2) is 6.89. The zero-order chi connectivity index (χ0) is 11.1. The number of rotatable bonds is 7. The largest absolute Gasteiger partial charge is 0.496 e. The lowest BCUT2D eigenvalue weighted by Crippen LogP contribution is -2.33. The molecule has 0 aliphatic carbocycles. The van der Waals surface area contributed by atoms with Crippen LogP contribution in [0.4, 0.5) is 0 Å². The second-order valence-corrected chi connectivity index (χ2v) is 4.50. The van der Waals surface area contributed by atoms with E-state index in [0.717, 1.165) is 25.5 Å². The summed E-state index contributed by atoms with van der Waals surface area (Å²) in [6.45, 7) is 8.74. The van der Waals surface area contributed by atoms with Gasteiger partial charge in [-0.1, -0.05) is 27.2 Å². The number of hydrogen-bond donors (Lipinski definition) is 1. The Hall–Kier alpha value is -0.500. The van der Waals surface area contributed by atoms with Crippen LogP contribution in [-0.4, -0.2) is 19.2 Å². The van der Waals surface area contributed by atoms with Gasteiger partial charge >= 0.3 is 0 Å². The number of ether oxygens (including phenoxy) is 1. The Morgan fingerprint density at radius 1 is 1.47 bits per heavy atom. The van der Waals surface area contributed by atoms with Gasteiger partial charge in [0.2, 0.25) is 0 Å². The topological polar surface area (TPSA) is 21.3 Å². The van der Waals surface area contributed by atoms with Gasteiger partial charge < -0.3 is 10.1 Å². The molecule has 2 atom stereocenters. The SMILES string of the molecule is CCCNC(CC(C)CC)C1=CCCO1. The third kappa shape index (κ3) is 4.25. The first-order chi connectivity index (χ1) is 7.27. The molecule has 2 nitrogen and oxygen atoms in total. The molecule has 0 aromatic heterocycles. The van der Waals surface area contributed by atoms with E-state index in [9.17, 15) is 0 Å². The minimum atomic E-state index is 0.447. The highest BCUT2D eigenvalue weighted by Gasteiger charge is 2.19. The van der Waals surface area contributed by atoms with Crippen LogP contribution in [0, 0.1) is 5.92 Å². The highest BCUT2D eigenvalue weighted by atomic mass is 16.5. The summed E-state index contributed by atoms with van der Waals surface area (Å²) in [6.07, 6.45) is 6.96. The summed E-state index contributed by atoms with van der Waals surface area (Å²) in [6, 6.07) is 0.447. The zero-order valence-electron chi connectivity index (χ0n) is 10.4. The van der Waals surface area contributed by atoms with E-state index in [1.807, 2.05) is 0 Å². The van der Waals surface area contributed by atoms with Gasteiger partial charge in [0.1, 0.15) is 5.76 Å². The predicted octanol–water partition coefficient (Wildman–Crippen LogP) is 3.10. The van der Waals surface area contributed by atoms with Crippen LogP contribution in [-0.2, 0) is 4.74 Å². The zero-order valence-corrected chi connectivity index (χ0v) is 10.4. The molecule has 0 fully saturated rings. The molecular weight excluding hydrogens is 186 g/mol. The van der Waals surface area contributed by atoms with Crippen LogP contribution in [0.1, 0.15) is 46.5 Å². The fourth-order valence-corrected chi connectivity index (χ4v) is 1.87. The molecule has 0 aromatic rings. The molecule has 0 aromatic carbocycles. The summed E-state index contributed by atoms with van der Waals surface area (Å²) in [7, 11) is 0. The van der Waals surface area contributed by atoms with Gasteiger partial charge in [0.25, 0.3) is 0 Å². The van der Waals surface area contributed by atoms with E-state index in [-0.39, 0.29) is 0 Å². The first-order valence-corrected chi connectivity index (χ1v) is 6.34. The summed E-state index contributed by atoms with van der Waals surface area (Å²) < 4.78 is 5.66. The van der Waals surface area contributed by atoms with E-state index in [1.165, 1.54) is 25.0 Å². The van der Waals surface area contributed by atoms with E-state index >= 15 is 0 Å². The standard InChI is InChI=1S/C13H25NO/c1-4-8-14-12(10-11(3)5-2)13-7-6-9-15-13/h7,11-12,14H,4-6,8-10H2,1-3H3. The van der Waals surface area contributed by atoms with Gasteiger partial charge in [0.15, 0.2) is 0 Å². The predicted molar refractivity (Wildman–Crippen MR) is 64.8 cm³/mol. The van der Waals surface area contributed by atoms with Gasteiger partial charge in [-0.2, -0.15) is 0 Å². The molecule has 88 valence electrons. The van der Waals surface area contributed by atoms with Crippen molar-refractivity contribution in [3.05, 3.63) is 11.8 Å². The lowest BCUT2D eigenvalue weighted by molar-refractivity contribution is 0.204. The molecule has 0 saturated carbocycles. The van der Waals surface area contributed by atoms with Gasteiger partial charge in [-0.3, -0.25) is 0 Å². The third-order valence-electron chi connectivity index (χ3n) is 3.05. The summed E-state index contributed by atoms with van der Waals surface area (Å²) in [4.78, 5) is 0. The lowest BCUT2D eigenvalue weighted by Gasteiger charge is -2.22. The summed E-state index contributed by atoms with van der Waals surface area (Å²) in [5.41, 5.74) is 0. The van der Waals surface area contributed by atoms with Gasteiger partial charge in [-0.05, 0) is 31.4 Å². The van der Waals surface area contributed by atoms with Crippen molar-refractivity contribution in [3.8, 4) is 0 Å². The molecule has 0 amide bonds. The molecule has 15 heavy (non-hydrogen) atoms. The molecule has 1 heterocycles. The van der Waals surface area contributed by atoms with Crippen LogP contribution >= 0.6 is 0 Å². The van der Waals surface area contributed by atoms with Gasteiger partial charge in [0, 0.05) is 6.42 Å². The maximum atomic E-state index is 5.66. The van der Waals surface area contributed by atoms with Crippen LogP contribution in [0.5, 0.6) is 0 Å². The Morgan fingerprint density at radius 2 is 2.27 bits per heavy atom. The Kier molecular flexibility index (Phi) is 5.77.